The van der Waals surface area contributed by atoms with Gasteiger partial charge in [-0.2, -0.15) is 0 Å². The van der Waals surface area contributed by atoms with E-state index in [1.54, 1.807) is 0 Å². The molecule has 2 N–H and O–H groups in total. The SMILES string of the molecule is CNc1ccc(CNCCC2CCN(C)C2)cc1. The highest BCUT2D eigenvalue weighted by Gasteiger charge is 2.18. The van der Waals surface area contributed by atoms with Crippen molar-refractivity contribution in [2.24, 2.45) is 5.92 Å². The fourth-order valence-electron chi connectivity index (χ4n) is 2.59. The average molecular weight is 247 g/mol. The van der Waals surface area contributed by atoms with Gasteiger partial charge in [-0.1, -0.05) is 12.1 Å². The maximum atomic E-state index is 3.54. The van der Waals surface area contributed by atoms with Crippen molar-refractivity contribution in [3.63, 3.8) is 0 Å². The predicted octanol–water partition coefficient (Wildman–Crippen LogP) is 2.16. The first-order valence-corrected chi connectivity index (χ1v) is 6.94. The molecular formula is C15H25N3. The second kappa shape index (κ2) is 6.76. The Kier molecular flexibility index (Phi) is 5.02. The van der Waals surface area contributed by atoms with Gasteiger partial charge in [0.25, 0.3) is 0 Å². The Labute approximate surface area is 111 Å². The summed E-state index contributed by atoms with van der Waals surface area (Å²) in [5, 5.41) is 6.68. The average Bonchev–Trinajstić information content (AvgIpc) is 2.81. The van der Waals surface area contributed by atoms with E-state index in [2.05, 4.69) is 46.8 Å². The molecule has 1 unspecified atom stereocenters. The van der Waals surface area contributed by atoms with Crippen molar-refractivity contribution in [2.75, 3.05) is 39.0 Å². The number of rotatable bonds is 6. The summed E-state index contributed by atoms with van der Waals surface area (Å²) in [6.45, 7) is 4.66. The van der Waals surface area contributed by atoms with Crippen molar-refractivity contribution < 1.29 is 0 Å². The van der Waals surface area contributed by atoms with Gasteiger partial charge >= 0.3 is 0 Å². The number of nitrogens with zero attached hydrogens (tertiary/aromatic N) is 1. The molecule has 1 atom stereocenters. The number of hydrogen-bond donors (Lipinski definition) is 2. The summed E-state index contributed by atoms with van der Waals surface area (Å²) >= 11 is 0. The van der Waals surface area contributed by atoms with Gasteiger partial charge in [0, 0.05) is 25.8 Å². The molecule has 0 radical (unpaired) electrons. The number of likely N-dealkylation sites (tertiary alicyclic amines) is 1. The monoisotopic (exact) mass is 247 g/mol. The van der Waals surface area contributed by atoms with Crippen LogP contribution in [0, 0.1) is 5.92 Å². The summed E-state index contributed by atoms with van der Waals surface area (Å²) in [5.74, 6) is 0.897. The molecule has 3 nitrogen and oxygen atoms in total. The van der Waals surface area contributed by atoms with Gasteiger partial charge in [0.2, 0.25) is 0 Å². The predicted molar refractivity (Wildman–Crippen MR) is 77.9 cm³/mol. The zero-order valence-corrected chi connectivity index (χ0v) is 11.6. The fraction of sp³-hybridized carbons (Fsp3) is 0.600. The molecule has 0 spiro atoms. The Hall–Kier alpha value is -1.06. The number of hydrogen-bond acceptors (Lipinski definition) is 3. The summed E-state index contributed by atoms with van der Waals surface area (Å²) in [4.78, 5) is 2.43. The Morgan fingerprint density at radius 2 is 2.06 bits per heavy atom. The van der Waals surface area contributed by atoms with Crippen LogP contribution in [0.1, 0.15) is 18.4 Å². The molecule has 100 valence electrons. The number of nitrogens with one attached hydrogen (secondary N) is 2. The van der Waals surface area contributed by atoms with Gasteiger partial charge in [-0.3, -0.25) is 0 Å². The van der Waals surface area contributed by atoms with Crippen LogP contribution in [0.15, 0.2) is 24.3 Å². The van der Waals surface area contributed by atoms with Gasteiger partial charge < -0.3 is 15.5 Å². The van der Waals surface area contributed by atoms with Crippen LogP contribution in [-0.2, 0) is 6.54 Å². The zero-order chi connectivity index (χ0) is 12.8. The summed E-state index contributed by atoms with van der Waals surface area (Å²) in [6.07, 6.45) is 2.67. The molecule has 0 aromatic heterocycles. The minimum absolute atomic E-state index is 0.897. The Balaban J connectivity index is 1.62. The Bertz CT molecular complexity index is 347. The van der Waals surface area contributed by atoms with E-state index in [1.165, 1.54) is 37.2 Å². The van der Waals surface area contributed by atoms with Crippen LogP contribution < -0.4 is 10.6 Å². The van der Waals surface area contributed by atoms with Crippen LogP contribution >= 0.6 is 0 Å². The highest BCUT2D eigenvalue weighted by atomic mass is 15.1. The second-order valence-corrected chi connectivity index (χ2v) is 5.33. The van der Waals surface area contributed by atoms with E-state index in [-0.39, 0.29) is 0 Å². The van der Waals surface area contributed by atoms with Gasteiger partial charge in [-0.25, -0.2) is 0 Å². The minimum atomic E-state index is 0.897. The van der Waals surface area contributed by atoms with Crippen molar-refractivity contribution in [1.29, 1.82) is 0 Å². The first-order valence-electron chi connectivity index (χ1n) is 6.94. The van der Waals surface area contributed by atoms with Crippen molar-refractivity contribution in [1.82, 2.24) is 10.2 Å². The van der Waals surface area contributed by atoms with E-state index in [4.69, 9.17) is 0 Å². The summed E-state index contributed by atoms with van der Waals surface area (Å²) in [5.41, 5.74) is 2.53. The van der Waals surface area contributed by atoms with Gasteiger partial charge in [-0.15, -0.1) is 0 Å². The molecule has 2 rings (SSSR count). The fourth-order valence-corrected chi connectivity index (χ4v) is 2.59. The van der Waals surface area contributed by atoms with Crippen LogP contribution in [0.4, 0.5) is 5.69 Å². The van der Waals surface area contributed by atoms with E-state index >= 15 is 0 Å². The molecule has 1 aromatic carbocycles. The lowest BCUT2D eigenvalue weighted by molar-refractivity contribution is 0.385. The molecule has 3 heteroatoms. The van der Waals surface area contributed by atoms with Gasteiger partial charge in [0.05, 0.1) is 0 Å². The lowest BCUT2D eigenvalue weighted by atomic mass is 10.1. The maximum absolute atomic E-state index is 3.54. The third kappa shape index (κ3) is 4.00. The zero-order valence-electron chi connectivity index (χ0n) is 11.6. The molecule has 0 amide bonds. The summed E-state index contributed by atoms with van der Waals surface area (Å²) < 4.78 is 0. The van der Waals surface area contributed by atoms with E-state index in [0.717, 1.165) is 19.0 Å². The largest absolute Gasteiger partial charge is 0.388 e. The molecule has 1 aromatic rings. The standard InChI is InChI=1S/C15H25N3/c1-16-15-5-3-13(4-6-15)11-17-9-7-14-8-10-18(2)12-14/h3-6,14,16-17H,7-12H2,1-2H3. The molecule has 1 aliphatic heterocycles. The van der Waals surface area contributed by atoms with Crippen LogP contribution in [0.5, 0.6) is 0 Å². The van der Waals surface area contributed by atoms with Crippen molar-refractivity contribution >= 4 is 5.69 Å². The number of benzene rings is 1. The van der Waals surface area contributed by atoms with Crippen molar-refractivity contribution in [3.8, 4) is 0 Å². The Morgan fingerprint density at radius 3 is 2.67 bits per heavy atom. The van der Waals surface area contributed by atoms with Gasteiger partial charge in [-0.05, 0) is 56.6 Å². The van der Waals surface area contributed by atoms with Crippen molar-refractivity contribution in [2.45, 2.75) is 19.4 Å². The molecule has 1 fully saturated rings. The molecule has 0 saturated carbocycles. The third-order valence-electron chi connectivity index (χ3n) is 3.79. The number of anilines is 1. The molecule has 0 bridgehead atoms. The van der Waals surface area contributed by atoms with E-state index in [1.807, 2.05) is 7.05 Å². The molecule has 0 aliphatic carbocycles. The molecule has 1 heterocycles. The van der Waals surface area contributed by atoms with Gasteiger partial charge in [0.15, 0.2) is 0 Å². The normalized spacial score (nSPS) is 20.2. The first-order chi connectivity index (χ1) is 8.78. The van der Waals surface area contributed by atoms with Gasteiger partial charge in [0.1, 0.15) is 0 Å². The molecule has 1 saturated heterocycles. The smallest absolute Gasteiger partial charge is 0.0337 e. The maximum Gasteiger partial charge on any atom is 0.0337 e. The van der Waals surface area contributed by atoms with Crippen LogP contribution in [0.3, 0.4) is 0 Å². The third-order valence-corrected chi connectivity index (χ3v) is 3.79. The van der Waals surface area contributed by atoms with Crippen LogP contribution in [-0.4, -0.2) is 38.6 Å². The Morgan fingerprint density at radius 1 is 1.28 bits per heavy atom. The van der Waals surface area contributed by atoms with Crippen LogP contribution in [0.2, 0.25) is 0 Å². The topological polar surface area (TPSA) is 27.3 Å². The summed E-state index contributed by atoms with van der Waals surface area (Å²) in [6, 6.07) is 8.62. The molecule has 18 heavy (non-hydrogen) atoms. The van der Waals surface area contributed by atoms with Crippen LogP contribution in [0.25, 0.3) is 0 Å². The second-order valence-electron chi connectivity index (χ2n) is 5.33. The molecule has 1 aliphatic rings. The van der Waals surface area contributed by atoms with Crippen molar-refractivity contribution in [3.05, 3.63) is 29.8 Å². The highest BCUT2D eigenvalue weighted by Crippen LogP contribution is 2.17. The molecular weight excluding hydrogens is 222 g/mol. The lowest BCUT2D eigenvalue weighted by Gasteiger charge is -2.11. The minimum Gasteiger partial charge on any atom is -0.388 e. The summed E-state index contributed by atoms with van der Waals surface area (Å²) in [7, 11) is 4.17. The van der Waals surface area contributed by atoms with E-state index in [0.29, 0.717) is 0 Å². The van der Waals surface area contributed by atoms with E-state index < -0.39 is 0 Å². The first kappa shape index (κ1) is 13.4. The quantitative estimate of drug-likeness (QED) is 0.754. The van der Waals surface area contributed by atoms with E-state index in [9.17, 15) is 0 Å². The lowest BCUT2D eigenvalue weighted by Crippen LogP contribution is -2.19. The highest BCUT2D eigenvalue weighted by molar-refractivity contribution is 5.43.